The molecule has 1 aromatic carbocycles. The molecule has 0 unspecified atom stereocenters. The second-order valence-electron chi connectivity index (χ2n) is 8.06. The number of rotatable bonds is 13. The van der Waals surface area contributed by atoms with Crippen molar-refractivity contribution < 1.29 is 28.8 Å². The molecule has 1 aliphatic rings. The Labute approximate surface area is 207 Å². The van der Waals surface area contributed by atoms with Gasteiger partial charge in [-0.25, -0.2) is 10.2 Å². The highest BCUT2D eigenvalue weighted by molar-refractivity contribution is 8.76. The number of nitrogens with one attached hydrogen (secondary N) is 2. The van der Waals surface area contributed by atoms with Crippen LogP contribution in [0.15, 0.2) is 29.4 Å². The predicted octanol–water partition coefficient (Wildman–Crippen LogP) is 2.98. The van der Waals surface area contributed by atoms with Crippen molar-refractivity contribution in [1.82, 2.24) is 15.2 Å². The summed E-state index contributed by atoms with van der Waals surface area (Å²) in [7, 11) is 4.90. The van der Waals surface area contributed by atoms with Crippen LogP contribution in [0, 0.1) is 0 Å². The van der Waals surface area contributed by atoms with Gasteiger partial charge >= 0.3 is 5.97 Å². The lowest BCUT2D eigenvalue weighted by atomic mass is 10.1. The van der Waals surface area contributed by atoms with Crippen molar-refractivity contribution >= 4 is 51.2 Å². The van der Waals surface area contributed by atoms with E-state index in [9.17, 15) is 19.2 Å². The van der Waals surface area contributed by atoms with E-state index in [1.165, 1.54) is 11.0 Å². The summed E-state index contributed by atoms with van der Waals surface area (Å²) in [5.74, 6) is -1.21. The van der Waals surface area contributed by atoms with Gasteiger partial charge in [0.15, 0.2) is 0 Å². The second kappa shape index (κ2) is 13.4. The van der Waals surface area contributed by atoms with Crippen LogP contribution in [0.2, 0.25) is 0 Å². The largest absolute Gasteiger partial charge is 0.494 e. The van der Waals surface area contributed by atoms with E-state index in [2.05, 4.69) is 15.2 Å². The highest BCUT2D eigenvalue weighted by Gasteiger charge is 2.32. The third-order valence-corrected chi connectivity index (χ3v) is 7.50. The summed E-state index contributed by atoms with van der Waals surface area (Å²) in [5.41, 5.74) is 4.08. The van der Waals surface area contributed by atoms with Crippen LogP contribution in [0.4, 0.5) is 0 Å². The molecule has 186 valence electrons. The molecule has 0 atom stereocenters. The van der Waals surface area contributed by atoms with Crippen LogP contribution in [-0.4, -0.2) is 52.9 Å². The Morgan fingerprint density at radius 3 is 2.41 bits per heavy atom. The van der Waals surface area contributed by atoms with Crippen LogP contribution in [0.1, 0.15) is 58.4 Å². The van der Waals surface area contributed by atoms with E-state index in [0.717, 1.165) is 5.56 Å². The summed E-state index contributed by atoms with van der Waals surface area (Å²) in [6.07, 6.45) is 0.840. The van der Waals surface area contributed by atoms with E-state index >= 15 is 0 Å². The number of imide groups is 1. The van der Waals surface area contributed by atoms with Crippen molar-refractivity contribution in [2.45, 2.75) is 57.6 Å². The molecule has 1 aliphatic heterocycles. The van der Waals surface area contributed by atoms with E-state index in [1.54, 1.807) is 29.9 Å². The minimum absolute atomic E-state index is 0.0174. The van der Waals surface area contributed by atoms with Gasteiger partial charge < -0.3 is 9.57 Å². The van der Waals surface area contributed by atoms with Gasteiger partial charge in [-0.2, -0.15) is 5.10 Å². The maximum absolute atomic E-state index is 12.2. The quantitative estimate of drug-likeness (QED) is 0.103. The number of ether oxygens (including phenoxy) is 1. The molecule has 34 heavy (non-hydrogen) atoms. The summed E-state index contributed by atoms with van der Waals surface area (Å²) in [4.78, 5) is 51.7. The summed E-state index contributed by atoms with van der Waals surface area (Å²) >= 11 is 0. The highest BCUT2D eigenvalue weighted by atomic mass is 33.1. The molecule has 3 amide bonds. The Hall–Kier alpha value is -2.57. The lowest BCUT2D eigenvalue weighted by Gasteiger charge is -2.21. The number of hydrogen-bond donors (Lipinski definition) is 2. The standard InChI is InChI=1S/C22H30N4O6S2/c1-15(24-25-18(27)14-22(2,3)33-34-23-4)16-7-9-17(10-8-16)31-13-5-6-21(30)32-26-19(28)11-12-20(26)29/h7-10,23H,5-6,11-14H2,1-4H3,(H,25,27)/b24-15+. The zero-order valence-electron chi connectivity index (χ0n) is 19.7. The first-order chi connectivity index (χ1) is 16.1. The van der Waals surface area contributed by atoms with Gasteiger partial charge in [0.2, 0.25) is 5.91 Å². The highest BCUT2D eigenvalue weighted by Crippen LogP contribution is 2.35. The molecule has 0 aromatic heterocycles. The molecule has 1 saturated heterocycles. The number of carbonyl (C=O) groups is 4. The molecular formula is C22H30N4O6S2. The number of carbonyl (C=O) groups excluding carboxylic acids is 4. The lowest BCUT2D eigenvalue weighted by Crippen LogP contribution is -2.32. The number of amides is 3. The van der Waals surface area contributed by atoms with Crippen LogP contribution in [0.25, 0.3) is 0 Å². The normalized spacial score (nSPS) is 14.4. The van der Waals surface area contributed by atoms with Crippen LogP contribution >= 0.6 is 21.8 Å². The smallest absolute Gasteiger partial charge is 0.333 e. The third-order valence-electron chi connectivity index (χ3n) is 4.55. The zero-order chi connectivity index (χ0) is 25.1. The maximum Gasteiger partial charge on any atom is 0.333 e. The Morgan fingerprint density at radius 2 is 1.79 bits per heavy atom. The molecule has 1 heterocycles. The molecule has 0 spiro atoms. The maximum atomic E-state index is 12.2. The Bertz CT molecular complexity index is 904. The molecule has 0 aliphatic carbocycles. The average molecular weight is 511 g/mol. The minimum atomic E-state index is -0.654. The summed E-state index contributed by atoms with van der Waals surface area (Å²) in [6.45, 7) is 6.05. The molecule has 2 rings (SSSR count). The average Bonchev–Trinajstić information content (AvgIpc) is 3.11. The van der Waals surface area contributed by atoms with E-state index in [-0.39, 0.29) is 36.5 Å². The Kier molecular flexibility index (Phi) is 10.9. The fraction of sp³-hybridized carbons (Fsp3) is 0.500. The first kappa shape index (κ1) is 27.7. The predicted molar refractivity (Wildman–Crippen MR) is 132 cm³/mol. The molecule has 0 bridgehead atoms. The number of benzene rings is 1. The van der Waals surface area contributed by atoms with Crippen molar-refractivity contribution in [2.75, 3.05) is 13.7 Å². The molecule has 2 N–H and O–H groups in total. The van der Waals surface area contributed by atoms with E-state index in [0.29, 0.717) is 29.4 Å². The lowest BCUT2D eigenvalue weighted by molar-refractivity contribution is -0.197. The summed E-state index contributed by atoms with van der Waals surface area (Å²) in [6, 6.07) is 7.18. The van der Waals surface area contributed by atoms with Gasteiger partial charge in [0.25, 0.3) is 11.8 Å². The van der Waals surface area contributed by atoms with Crippen LogP contribution in [0.5, 0.6) is 5.75 Å². The Balaban J connectivity index is 1.72. The van der Waals surface area contributed by atoms with Gasteiger partial charge in [0, 0.05) is 24.0 Å². The molecule has 12 heteroatoms. The summed E-state index contributed by atoms with van der Waals surface area (Å²) < 4.78 is 8.35. The number of nitrogens with zero attached hydrogens (tertiary/aromatic N) is 2. The van der Waals surface area contributed by atoms with E-state index < -0.39 is 17.8 Å². The van der Waals surface area contributed by atoms with Gasteiger partial charge in [-0.05, 0) is 75.0 Å². The van der Waals surface area contributed by atoms with Crippen molar-refractivity contribution in [3.8, 4) is 5.75 Å². The van der Waals surface area contributed by atoms with Gasteiger partial charge in [0.1, 0.15) is 5.75 Å². The van der Waals surface area contributed by atoms with E-state index in [1.807, 2.05) is 33.0 Å². The topological polar surface area (TPSA) is 126 Å². The minimum Gasteiger partial charge on any atom is -0.494 e. The van der Waals surface area contributed by atoms with E-state index in [4.69, 9.17) is 9.57 Å². The van der Waals surface area contributed by atoms with Crippen molar-refractivity contribution in [1.29, 1.82) is 0 Å². The third kappa shape index (κ3) is 9.35. The van der Waals surface area contributed by atoms with Gasteiger partial charge in [-0.15, -0.1) is 5.06 Å². The monoisotopic (exact) mass is 510 g/mol. The molecule has 1 aromatic rings. The number of hydroxylamine groups is 2. The van der Waals surface area contributed by atoms with Crippen LogP contribution in [0.3, 0.4) is 0 Å². The van der Waals surface area contributed by atoms with Crippen LogP contribution < -0.4 is 14.9 Å². The second-order valence-corrected chi connectivity index (χ2v) is 10.9. The van der Waals surface area contributed by atoms with Gasteiger partial charge in [-0.1, -0.05) is 10.8 Å². The SMILES string of the molecule is CNSSC(C)(C)CC(=O)N/N=C(\C)c1ccc(OCCCC(=O)ON2C(=O)CCC2=O)cc1. The molecule has 10 nitrogen and oxygen atoms in total. The van der Waals surface area contributed by atoms with Gasteiger partial charge in [-0.3, -0.25) is 19.1 Å². The molecular weight excluding hydrogens is 480 g/mol. The summed E-state index contributed by atoms with van der Waals surface area (Å²) in [5, 5.41) is 4.72. The van der Waals surface area contributed by atoms with Gasteiger partial charge in [0.05, 0.1) is 18.7 Å². The van der Waals surface area contributed by atoms with Crippen LogP contribution in [-0.2, 0) is 24.0 Å². The molecule has 0 saturated carbocycles. The zero-order valence-corrected chi connectivity index (χ0v) is 21.3. The fourth-order valence-electron chi connectivity index (χ4n) is 2.83. The number of hydrazone groups is 1. The fourth-order valence-corrected chi connectivity index (χ4v) is 4.43. The van der Waals surface area contributed by atoms with Crippen molar-refractivity contribution in [2.24, 2.45) is 5.10 Å². The number of hydrogen-bond acceptors (Lipinski definition) is 10. The van der Waals surface area contributed by atoms with Crippen molar-refractivity contribution in [3.05, 3.63) is 29.8 Å². The Morgan fingerprint density at radius 1 is 1.15 bits per heavy atom. The first-order valence-corrected chi connectivity index (χ1v) is 12.9. The molecule has 0 radical (unpaired) electrons. The molecule has 1 fully saturated rings. The van der Waals surface area contributed by atoms with Crippen molar-refractivity contribution in [3.63, 3.8) is 0 Å². The first-order valence-electron chi connectivity index (χ1n) is 10.8.